The zero-order valence-corrected chi connectivity index (χ0v) is 11.5. The molecule has 2 unspecified atom stereocenters. The van der Waals surface area contributed by atoms with Gasteiger partial charge in [0.05, 0.1) is 12.6 Å². The number of aliphatic hydroxyl groups is 1. The summed E-state index contributed by atoms with van der Waals surface area (Å²) in [4.78, 5) is 16.2. The van der Waals surface area contributed by atoms with Gasteiger partial charge in [-0.25, -0.2) is 0 Å². The number of likely N-dealkylation sites (N-methyl/N-ethyl adjacent to an activating group) is 1. The molecule has 1 saturated heterocycles. The summed E-state index contributed by atoms with van der Waals surface area (Å²) in [5.74, 6) is 0.231. The van der Waals surface area contributed by atoms with Gasteiger partial charge in [-0.15, -0.1) is 0 Å². The highest BCUT2D eigenvalue weighted by atomic mass is 16.3. The number of nitrogens with zero attached hydrogens (tertiary/aromatic N) is 2. The number of hydrogen-bond acceptors (Lipinski definition) is 3. The third-order valence-electron chi connectivity index (χ3n) is 4.35. The van der Waals surface area contributed by atoms with Gasteiger partial charge < -0.3 is 10.0 Å². The molecule has 0 bridgehead atoms. The van der Waals surface area contributed by atoms with Crippen LogP contribution < -0.4 is 0 Å². The van der Waals surface area contributed by atoms with Gasteiger partial charge in [-0.1, -0.05) is 12.8 Å². The van der Waals surface area contributed by atoms with E-state index in [4.69, 9.17) is 0 Å². The molecule has 2 fully saturated rings. The van der Waals surface area contributed by atoms with Gasteiger partial charge >= 0.3 is 0 Å². The summed E-state index contributed by atoms with van der Waals surface area (Å²) in [6.45, 7) is 2.29. The molecule has 1 aliphatic heterocycles. The van der Waals surface area contributed by atoms with Crippen molar-refractivity contribution in [2.45, 2.75) is 57.1 Å². The smallest absolute Gasteiger partial charge is 0.236 e. The van der Waals surface area contributed by atoms with Gasteiger partial charge in [0, 0.05) is 19.1 Å². The number of hydrogen-bond donors (Lipinski definition) is 1. The maximum absolute atomic E-state index is 12.2. The number of carbonyl (C=O) groups is 1. The molecular formula is C14H26N2O2. The minimum Gasteiger partial charge on any atom is -0.391 e. The van der Waals surface area contributed by atoms with E-state index in [9.17, 15) is 9.90 Å². The van der Waals surface area contributed by atoms with Crippen molar-refractivity contribution in [1.29, 1.82) is 0 Å². The molecule has 4 nitrogen and oxygen atoms in total. The first-order chi connectivity index (χ1) is 8.68. The van der Waals surface area contributed by atoms with Crippen molar-refractivity contribution in [2.24, 2.45) is 0 Å². The van der Waals surface area contributed by atoms with Crippen molar-refractivity contribution >= 4 is 5.91 Å². The maximum Gasteiger partial charge on any atom is 0.236 e. The second kappa shape index (κ2) is 6.53. The van der Waals surface area contributed by atoms with Gasteiger partial charge in [0.1, 0.15) is 0 Å². The molecule has 1 N–H and O–H groups in total. The van der Waals surface area contributed by atoms with Crippen molar-refractivity contribution in [1.82, 2.24) is 9.80 Å². The fourth-order valence-corrected chi connectivity index (χ4v) is 3.18. The van der Waals surface area contributed by atoms with Crippen molar-refractivity contribution in [3.63, 3.8) is 0 Å². The number of likely N-dealkylation sites (tertiary alicyclic amines) is 1. The Kier molecular flexibility index (Phi) is 5.01. The highest BCUT2D eigenvalue weighted by Crippen LogP contribution is 2.22. The van der Waals surface area contributed by atoms with Gasteiger partial charge in [-0.2, -0.15) is 0 Å². The number of carbonyl (C=O) groups excluding carboxylic acids is 1. The molecule has 104 valence electrons. The zero-order valence-electron chi connectivity index (χ0n) is 11.5. The Labute approximate surface area is 110 Å². The number of piperidine rings is 1. The van der Waals surface area contributed by atoms with Crippen molar-refractivity contribution in [3.8, 4) is 0 Å². The van der Waals surface area contributed by atoms with E-state index in [1.165, 1.54) is 12.8 Å². The van der Waals surface area contributed by atoms with E-state index in [2.05, 4.69) is 4.90 Å². The zero-order chi connectivity index (χ0) is 13.0. The van der Waals surface area contributed by atoms with Crippen LogP contribution in [0.3, 0.4) is 0 Å². The van der Waals surface area contributed by atoms with Crippen LogP contribution in [0.2, 0.25) is 0 Å². The highest BCUT2D eigenvalue weighted by Gasteiger charge is 2.28. The van der Waals surface area contributed by atoms with E-state index in [1.54, 1.807) is 0 Å². The Morgan fingerprint density at radius 3 is 2.50 bits per heavy atom. The van der Waals surface area contributed by atoms with E-state index >= 15 is 0 Å². The lowest BCUT2D eigenvalue weighted by Crippen LogP contribution is -2.49. The largest absolute Gasteiger partial charge is 0.391 e. The Balaban J connectivity index is 1.81. The van der Waals surface area contributed by atoms with E-state index in [-0.39, 0.29) is 18.1 Å². The van der Waals surface area contributed by atoms with Crippen molar-refractivity contribution in [3.05, 3.63) is 0 Å². The molecule has 0 aromatic rings. The van der Waals surface area contributed by atoms with Crippen LogP contribution in [0.15, 0.2) is 0 Å². The van der Waals surface area contributed by atoms with Crippen LogP contribution in [0.1, 0.15) is 44.9 Å². The predicted octanol–water partition coefficient (Wildman–Crippen LogP) is 1.23. The molecule has 0 aromatic heterocycles. The number of rotatable bonds is 3. The van der Waals surface area contributed by atoms with Crippen LogP contribution in [-0.2, 0) is 4.79 Å². The Morgan fingerprint density at radius 2 is 1.83 bits per heavy atom. The lowest BCUT2D eigenvalue weighted by atomic mass is 9.91. The molecule has 18 heavy (non-hydrogen) atoms. The lowest BCUT2D eigenvalue weighted by Gasteiger charge is -2.36. The minimum atomic E-state index is -0.252. The first kappa shape index (κ1) is 13.8. The van der Waals surface area contributed by atoms with Gasteiger partial charge in [0.15, 0.2) is 0 Å². The van der Waals surface area contributed by atoms with Gasteiger partial charge in [-0.05, 0) is 39.2 Å². The van der Waals surface area contributed by atoms with Crippen LogP contribution in [0.5, 0.6) is 0 Å². The second-order valence-corrected chi connectivity index (χ2v) is 5.78. The quantitative estimate of drug-likeness (QED) is 0.824. The van der Waals surface area contributed by atoms with Crippen LogP contribution >= 0.6 is 0 Å². The summed E-state index contributed by atoms with van der Waals surface area (Å²) in [6.07, 6.45) is 7.47. The minimum absolute atomic E-state index is 0.174. The number of aliphatic hydroxyl groups excluding tert-OH is 1. The van der Waals surface area contributed by atoms with Crippen LogP contribution in [-0.4, -0.2) is 59.6 Å². The molecule has 1 heterocycles. The van der Waals surface area contributed by atoms with Crippen LogP contribution in [0.4, 0.5) is 0 Å². The predicted molar refractivity (Wildman–Crippen MR) is 71.3 cm³/mol. The maximum atomic E-state index is 12.2. The highest BCUT2D eigenvalue weighted by molar-refractivity contribution is 5.78. The molecule has 1 aliphatic carbocycles. The summed E-state index contributed by atoms with van der Waals surface area (Å²) in [5.41, 5.74) is 0. The average molecular weight is 254 g/mol. The Bertz CT molecular complexity index is 277. The molecule has 0 radical (unpaired) electrons. The topological polar surface area (TPSA) is 43.8 Å². The standard InChI is InChI=1S/C14H26N2O2/c1-15(12-7-3-4-8-13(12)17)11-14(18)16-9-5-2-6-10-16/h12-13,17H,2-11H2,1H3. The van der Waals surface area contributed by atoms with Crippen LogP contribution in [0, 0.1) is 0 Å². The summed E-state index contributed by atoms with van der Waals surface area (Å²) in [5, 5.41) is 10.00. The molecule has 0 aromatic carbocycles. The SMILES string of the molecule is CN(CC(=O)N1CCCCC1)C1CCCCC1O. The molecular weight excluding hydrogens is 228 g/mol. The summed E-state index contributed by atoms with van der Waals surface area (Å²) in [6, 6.07) is 0.174. The van der Waals surface area contributed by atoms with Crippen LogP contribution in [0.25, 0.3) is 0 Å². The Morgan fingerprint density at radius 1 is 1.17 bits per heavy atom. The van der Waals surface area contributed by atoms with E-state index < -0.39 is 0 Å². The monoisotopic (exact) mass is 254 g/mol. The molecule has 2 atom stereocenters. The normalized spacial score (nSPS) is 29.6. The van der Waals surface area contributed by atoms with Gasteiger partial charge in [0.2, 0.25) is 5.91 Å². The number of amides is 1. The first-order valence-corrected chi connectivity index (χ1v) is 7.34. The molecule has 1 amide bonds. The molecule has 2 aliphatic rings. The van der Waals surface area contributed by atoms with Crippen molar-refractivity contribution < 1.29 is 9.90 Å². The summed E-state index contributed by atoms with van der Waals surface area (Å²) in [7, 11) is 1.97. The van der Waals surface area contributed by atoms with E-state index in [0.29, 0.717) is 6.54 Å². The third kappa shape index (κ3) is 3.45. The first-order valence-electron chi connectivity index (χ1n) is 7.34. The average Bonchev–Trinajstić information content (AvgIpc) is 2.40. The summed E-state index contributed by atoms with van der Waals surface area (Å²) >= 11 is 0. The van der Waals surface area contributed by atoms with Gasteiger partial charge in [0.25, 0.3) is 0 Å². The molecule has 1 saturated carbocycles. The van der Waals surface area contributed by atoms with E-state index in [1.807, 2.05) is 11.9 Å². The summed E-state index contributed by atoms with van der Waals surface area (Å²) < 4.78 is 0. The van der Waals surface area contributed by atoms with Gasteiger partial charge in [-0.3, -0.25) is 9.69 Å². The Hall–Kier alpha value is -0.610. The third-order valence-corrected chi connectivity index (χ3v) is 4.35. The van der Waals surface area contributed by atoms with E-state index in [0.717, 1.165) is 45.2 Å². The lowest BCUT2D eigenvalue weighted by molar-refractivity contribution is -0.134. The molecule has 4 heteroatoms. The fraction of sp³-hybridized carbons (Fsp3) is 0.929. The second-order valence-electron chi connectivity index (χ2n) is 5.78. The molecule has 0 spiro atoms. The fourth-order valence-electron chi connectivity index (χ4n) is 3.18. The van der Waals surface area contributed by atoms with Crippen molar-refractivity contribution in [2.75, 3.05) is 26.7 Å². The molecule has 2 rings (SSSR count).